The molecule has 21 heavy (non-hydrogen) atoms. The fraction of sp³-hybridized carbons (Fsp3) is 0.533. The van der Waals surface area contributed by atoms with Gasteiger partial charge in [-0.25, -0.2) is 8.42 Å². The van der Waals surface area contributed by atoms with Gasteiger partial charge in [0.15, 0.2) is 0 Å². The highest BCUT2D eigenvalue weighted by Crippen LogP contribution is 2.35. The van der Waals surface area contributed by atoms with E-state index in [0.29, 0.717) is 5.56 Å². The summed E-state index contributed by atoms with van der Waals surface area (Å²) in [5.41, 5.74) is 0.703. The third-order valence-electron chi connectivity index (χ3n) is 3.94. The zero-order chi connectivity index (χ0) is 15.7. The topological polar surface area (TPSA) is 63.2 Å². The molecular formula is C15H20ClNO3S. The van der Waals surface area contributed by atoms with Crippen LogP contribution in [-0.4, -0.2) is 20.4 Å². The summed E-state index contributed by atoms with van der Waals surface area (Å²) >= 11 is 0. The Balaban J connectivity index is 2.04. The van der Waals surface area contributed by atoms with E-state index in [-0.39, 0.29) is 22.3 Å². The number of nitrogens with one attached hydrogen (secondary N) is 1. The number of rotatable bonds is 3. The molecule has 116 valence electrons. The Bertz CT molecular complexity index is 623. The summed E-state index contributed by atoms with van der Waals surface area (Å²) in [6.45, 7) is 4.43. The van der Waals surface area contributed by atoms with Gasteiger partial charge in [-0.3, -0.25) is 4.79 Å². The van der Waals surface area contributed by atoms with Crippen molar-refractivity contribution in [2.45, 2.75) is 50.5 Å². The molecule has 0 saturated heterocycles. The molecule has 0 spiro atoms. The molecule has 1 N–H and O–H groups in total. The third kappa shape index (κ3) is 4.45. The van der Waals surface area contributed by atoms with E-state index in [1.54, 1.807) is 0 Å². The molecule has 4 nitrogen and oxygen atoms in total. The lowest BCUT2D eigenvalue weighted by molar-refractivity contribution is 0.0902. The molecule has 0 heterocycles. The van der Waals surface area contributed by atoms with E-state index in [1.165, 1.54) is 30.7 Å². The molecule has 0 bridgehead atoms. The van der Waals surface area contributed by atoms with Crippen LogP contribution in [-0.2, 0) is 9.05 Å². The van der Waals surface area contributed by atoms with Crippen LogP contribution in [0.5, 0.6) is 0 Å². The second-order valence-electron chi connectivity index (χ2n) is 6.39. The standard InChI is InChI=1S/C15H20ClNO3S/c1-15(2)9-3-4-12(10-15)17-14(18)11-5-7-13(8-6-11)21(16,19)20/h5-8,12H,3-4,9-10H2,1-2H3,(H,17,18). The van der Waals surface area contributed by atoms with Crippen LogP contribution in [0.15, 0.2) is 29.2 Å². The molecular weight excluding hydrogens is 310 g/mol. The van der Waals surface area contributed by atoms with E-state index in [9.17, 15) is 13.2 Å². The van der Waals surface area contributed by atoms with Crippen molar-refractivity contribution in [1.29, 1.82) is 0 Å². The van der Waals surface area contributed by atoms with Crippen molar-refractivity contribution in [2.24, 2.45) is 5.41 Å². The molecule has 1 aliphatic rings. The molecule has 1 saturated carbocycles. The van der Waals surface area contributed by atoms with Crippen LogP contribution in [0.2, 0.25) is 0 Å². The number of halogens is 1. The summed E-state index contributed by atoms with van der Waals surface area (Å²) in [6, 6.07) is 5.85. The second-order valence-corrected chi connectivity index (χ2v) is 8.96. The van der Waals surface area contributed by atoms with Crippen LogP contribution in [0.4, 0.5) is 0 Å². The van der Waals surface area contributed by atoms with Gasteiger partial charge < -0.3 is 5.32 Å². The van der Waals surface area contributed by atoms with E-state index in [1.807, 2.05) is 0 Å². The zero-order valence-electron chi connectivity index (χ0n) is 12.2. The average molecular weight is 330 g/mol. The van der Waals surface area contributed by atoms with Crippen LogP contribution in [0.1, 0.15) is 49.9 Å². The van der Waals surface area contributed by atoms with E-state index < -0.39 is 9.05 Å². The number of hydrogen-bond donors (Lipinski definition) is 1. The first-order chi connectivity index (χ1) is 9.67. The highest BCUT2D eigenvalue weighted by atomic mass is 35.7. The van der Waals surface area contributed by atoms with Crippen molar-refractivity contribution < 1.29 is 13.2 Å². The van der Waals surface area contributed by atoms with Gasteiger partial charge in [0.25, 0.3) is 15.0 Å². The Morgan fingerprint density at radius 1 is 1.29 bits per heavy atom. The molecule has 2 rings (SSSR count). The van der Waals surface area contributed by atoms with Gasteiger partial charge in [0.1, 0.15) is 0 Å². The van der Waals surface area contributed by atoms with Crippen LogP contribution in [0.3, 0.4) is 0 Å². The minimum absolute atomic E-state index is 0.000448. The van der Waals surface area contributed by atoms with Gasteiger partial charge in [0.2, 0.25) is 0 Å². The van der Waals surface area contributed by atoms with Gasteiger partial charge in [0, 0.05) is 22.3 Å². The Morgan fingerprint density at radius 2 is 1.90 bits per heavy atom. The predicted octanol–water partition coefficient (Wildman–Crippen LogP) is 3.31. The molecule has 1 fully saturated rings. The summed E-state index contributed by atoms with van der Waals surface area (Å²) in [6.07, 6.45) is 4.25. The Labute approximate surface area is 130 Å². The van der Waals surface area contributed by atoms with Crippen molar-refractivity contribution >= 4 is 25.6 Å². The summed E-state index contributed by atoms with van der Waals surface area (Å²) in [5.74, 6) is -0.170. The fourth-order valence-corrected chi connectivity index (χ4v) is 3.63. The van der Waals surface area contributed by atoms with Gasteiger partial charge in [-0.15, -0.1) is 0 Å². The molecule has 1 aliphatic carbocycles. The SMILES string of the molecule is CC1(C)CCCC(NC(=O)c2ccc(S(=O)(=O)Cl)cc2)C1. The smallest absolute Gasteiger partial charge is 0.261 e. The average Bonchev–Trinajstić information content (AvgIpc) is 2.36. The van der Waals surface area contributed by atoms with Crippen LogP contribution < -0.4 is 5.32 Å². The summed E-state index contributed by atoms with van der Waals surface area (Å²) in [7, 11) is 1.50. The first-order valence-corrected chi connectivity index (χ1v) is 9.34. The lowest BCUT2D eigenvalue weighted by Crippen LogP contribution is -2.40. The zero-order valence-corrected chi connectivity index (χ0v) is 13.8. The lowest BCUT2D eigenvalue weighted by atomic mass is 9.75. The van der Waals surface area contributed by atoms with Gasteiger partial charge in [-0.1, -0.05) is 20.3 Å². The number of amides is 1. The van der Waals surface area contributed by atoms with Gasteiger partial charge in [-0.2, -0.15) is 0 Å². The maximum atomic E-state index is 12.2. The van der Waals surface area contributed by atoms with Crippen molar-refractivity contribution in [3.05, 3.63) is 29.8 Å². The first kappa shape index (κ1) is 16.3. The Hall–Kier alpha value is -1.07. The normalized spacial score (nSPS) is 21.8. The highest BCUT2D eigenvalue weighted by molar-refractivity contribution is 8.13. The molecule has 0 radical (unpaired) electrons. The number of benzene rings is 1. The van der Waals surface area contributed by atoms with Crippen LogP contribution in [0.25, 0.3) is 0 Å². The van der Waals surface area contributed by atoms with E-state index in [2.05, 4.69) is 19.2 Å². The van der Waals surface area contributed by atoms with Crippen molar-refractivity contribution in [3.8, 4) is 0 Å². The van der Waals surface area contributed by atoms with Crippen LogP contribution >= 0.6 is 10.7 Å². The maximum absolute atomic E-state index is 12.2. The highest BCUT2D eigenvalue weighted by Gasteiger charge is 2.28. The van der Waals surface area contributed by atoms with Crippen LogP contribution in [0, 0.1) is 5.41 Å². The van der Waals surface area contributed by atoms with E-state index >= 15 is 0 Å². The lowest BCUT2D eigenvalue weighted by Gasteiger charge is -2.35. The molecule has 1 atom stereocenters. The van der Waals surface area contributed by atoms with Crippen molar-refractivity contribution in [2.75, 3.05) is 0 Å². The van der Waals surface area contributed by atoms with Gasteiger partial charge in [-0.05, 0) is 48.9 Å². The number of carbonyl (C=O) groups is 1. The first-order valence-electron chi connectivity index (χ1n) is 7.03. The number of hydrogen-bond acceptors (Lipinski definition) is 3. The molecule has 1 unspecified atom stereocenters. The molecule has 0 aromatic heterocycles. The summed E-state index contributed by atoms with van der Waals surface area (Å²) in [5, 5.41) is 3.03. The molecule has 6 heteroatoms. The summed E-state index contributed by atoms with van der Waals surface area (Å²) in [4.78, 5) is 12.2. The van der Waals surface area contributed by atoms with Crippen molar-refractivity contribution in [1.82, 2.24) is 5.32 Å². The maximum Gasteiger partial charge on any atom is 0.261 e. The second kappa shape index (κ2) is 5.97. The minimum Gasteiger partial charge on any atom is -0.349 e. The Morgan fingerprint density at radius 3 is 2.43 bits per heavy atom. The molecule has 0 aliphatic heterocycles. The largest absolute Gasteiger partial charge is 0.349 e. The Kier molecular flexibility index (Phi) is 4.63. The van der Waals surface area contributed by atoms with Gasteiger partial charge in [0.05, 0.1) is 4.90 Å². The monoisotopic (exact) mass is 329 g/mol. The fourth-order valence-electron chi connectivity index (χ4n) is 2.86. The van der Waals surface area contributed by atoms with Gasteiger partial charge >= 0.3 is 0 Å². The minimum atomic E-state index is -3.75. The molecule has 1 amide bonds. The predicted molar refractivity (Wildman–Crippen MR) is 83.0 cm³/mol. The quantitative estimate of drug-likeness (QED) is 0.865. The van der Waals surface area contributed by atoms with E-state index in [4.69, 9.17) is 10.7 Å². The van der Waals surface area contributed by atoms with Crippen molar-refractivity contribution in [3.63, 3.8) is 0 Å². The number of carbonyl (C=O) groups excluding carboxylic acids is 1. The molecule has 1 aromatic carbocycles. The van der Waals surface area contributed by atoms with E-state index in [0.717, 1.165) is 19.3 Å². The third-order valence-corrected chi connectivity index (χ3v) is 5.31. The molecule has 1 aromatic rings. The summed E-state index contributed by atoms with van der Waals surface area (Å²) < 4.78 is 22.3.